The normalized spacial score (nSPS) is 15.0. The molecule has 1 aliphatic heterocycles. The molecule has 1 saturated heterocycles. The highest BCUT2D eigenvalue weighted by Crippen LogP contribution is 2.18. The van der Waals surface area contributed by atoms with Crippen molar-refractivity contribution < 1.29 is 14.3 Å². The van der Waals surface area contributed by atoms with Crippen molar-refractivity contribution in [3.63, 3.8) is 0 Å². The number of hydrogen-bond acceptors (Lipinski definition) is 4. The molecule has 0 unspecified atom stereocenters. The van der Waals surface area contributed by atoms with Gasteiger partial charge >= 0.3 is 12.1 Å². The van der Waals surface area contributed by atoms with Gasteiger partial charge in [0.25, 0.3) is 0 Å². The molecule has 0 radical (unpaired) electrons. The first kappa shape index (κ1) is 20.6. The number of urea groups is 1. The molecule has 0 aromatic heterocycles. The first-order valence-electron chi connectivity index (χ1n) is 9.23. The second-order valence-electron chi connectivity index (χ2n) is 7.96. The third kappa shape index (κ3) is 6.48. The number of likely N-dealkylation sites (tertiary alicyclic amines) is 1. The monoisotopic (exact) mass is 372 g/mol. The first-order valence-corrected chi connectivity index (χ1v) is 9.23. The largest absolute Gasteiger partial charge is 0.443 e. The molecule has 1 fully saturated rings. The summed E-state index contributed by atoms with van der Waals surface area (Å²) < 4.78 is 5.29. The molecule has 1 N–H and O–H groups in total. The van der Waals surface area contributed by atoms with Gasteiger partial charge in [0.05, 0.1) is 18.2 Å². The second kappa shape index (κ2) is 8.76. The zero-order chi connectivity index (χ0) is 20.0. The van der Waals surface area contributed by atoms with Gasteiger partial charge in [-0.25, -0.2) is 20.0 Å². The Morgan fingerprint density at radius 2 is 2.00 bits per heavy atom. The summed E-state index contributed by atoms with van der Waals surface area (Å²) in [6, 6.07) is 8.79. The Bertz CT molecular complexity index is 713. The van der Waals surface area contributed by atoms with Crippen molar-refractivity contribution >= 4 is 12.1 Å². The van der Waals surface area contributed by atoms with Crippen molar-refractivity contribution in [2.24, 2.45) is 5.92 Å². The van der Waals surface area contributed by atoms with Gasteiger partial charge in [-0.3, -0.25) is 0 Å². The Kier molecular flexibility index (Phi) is 6.67. The van der Waals surface area contributed by atoms with Crippen LogP contribution in [-0.2, 0) is 11.3 Å². The molecule has 0 bridgehead atoms. The SMILES string of the molecule is CC1CCN(C(=O)N(Cc2cccc(C#N)c2)NC(=O)OC(C)(C)C)CC1. The topological polar surface area (TPSA) is 85.7 Å². The van der Waals surface area contributed by atoms with Crippen LogP contribution >= 0.6 is 0 Å². The van der Waals surface area contributed by atoms with Crippen LogP contribution in [0.4, 0.5) is 9.59 Å². The van der Waals surface area contributed by atoms with Crippen LogP contribution in [0.2, 0.25) is 0 Å². The van der Waals surface area contributed by atoms with Gasteiger partial charge < -0.3 is 9.64 Å². The fraction of sp³-hybridized carbons (Fsp3) is 0.550. The number of carbonyl (C=O) groups excluding carboxylic acids is 2. The lowest BCUT2D eigenvalue weighted by Crippen LogP contribution is -2.54. The highest BCUT2D eigenvalue weighted by molar-refractivity contribution is 5.78. The summed E-state index contributed by atoms with van der Waals surface area (Å²) in [5.41, 5.74) is 3.16. The molecule has 0 atom stereocenters. The molecular weight excluding hydrogens is 344 g/mol. The van der Waals surface area contributed by atoms with Gasteiger partial charge in [-0.1, -0.05) is 19.1 Å². The van der Waals surface area contributed by atoms with Gasteiger partial charge in [-0.15, -0.1) is 0 Å². The molecule has 0 saturated carbocycles. The van der Waals surface area contributed by atoms with Crippen molar-refractivity contribution in [3.05, 3.63) is 35.4 Å². The van der Waals surface area contributed by atoms with E-state index in [4.69, 9.17) is 10.00 Å². The lowest BCUT2D eigenvalue weighted by Gasteiger charge is -2.35. The average molecular weight is 372 g/mol. The number of hydrogen-bond donors (Lipinski definition) is 1. The Morgan fingerprint density at radius 3 is 2.59 bits per heavy atom. The average Bonchev–Trinajstić information content (AvgIpc) is 2.60. The minimum atomic E-state index is -0.683. The van der Waals surface area contributed by atoms with Crippen LogP contribution in [0.3, 0.4) is 0 Å². The molecule has 1 heterocycles. The Balaban J connectivity index is 2.15. The summed E-state index contributed by atoms with van der Waals surface area (Å²) >= 11 is 0. The van der Waals surface area contributed by atoms with E-state index in [0.717, 1.165) is 18.4 Å². The molecule has 0 aliphatic carbocycles. The van der Waals surface area contributed by atoms with Gasteiger partial charge in [0.2, 0.25) is 0 Å². The third-order valence-corrected chi connectivity index (χ3v) is 4.31. The van der Waals surface area contributed by atoms with Crippen molar-refractivity contribution in [2.45, 2.75) is 52.7 Å². The van der Waals surface area contributed by atoms with Gasteiger partial charge in [-0.05, 0) is 57.2 Å². The maximum atomic E-state index is 13.0. The Morgan fingerprint density at radius 1 is 1.33 bits per heavy atom. The summed E-state index contributed by atoms with van der Waals surface area (Å²) in [7, 11) is 0. The Labute approximate surface area is 160 Å². The number of nitrogens with zero attached hydrogens (tertiary/aromatic N) is 3. The quantitative estimate of drug-likeness (QED) is 0.803. The molecule has 7 nitrogen and oxygen atoms in total. The van der Waals surface area contributed by atoms with E-state index < -0.39 is 11.7 Å². The zero-order valence-corrected chi connectivity index (χ0v) is 16.5. The standard InChI is InChI=1S/C20H28N4O3/c1-15-8-10-23(11-9-15)19(26)24(22-18(25)27-20(2,3)4)14-17-7-5-6-16(12-17)13-21/h5-7,12,15H,8-11,14H2,1-4H3,(H,22,25). The second-order valence-corrected chi connectivity index (χ2v) is 7.96. The van der Waals surface area contributed by atoms with E-state index in [1.54, 1.807) is 43.9 Å². The molecule has 1 aromatic carbocycles. The summed E-state index contributed by atoms with van der Waals surface area (Å²) in [4.78, 5) is 26.9. The van der Waals surface area contributed by atoms with E-state index in [2.05, 4.69) is 18.4 Å². The Hall–Kier alpha value is -2.75. The first-order chi connectivity index (χ1) is 12.7. The molecule has 27 heavy (non-hydrogen) atoms. The maximum absolute atomic E-state index is 13.0. The fourth-order valence-corrected chi connectivity index (χ4v) is 2.86. The van der Waals surface area contributed by atoms with E-state index >= 15 is 0 Å². The molecule has 3 amide bonds. The van der Waals surface area contributed by atoms with E-state index in [9.17, 15) is 9.59 Å². The highest BCUT2D eigenvalue weighted by atomic mass is 16.6. The van der Waals surface area contributed by atoms with Gasteiger partial charge in [-0.2, -0.15) is 5.26 Å². The van der Waals surface area contributed by atoms with Crippen molar-refractivity contribution in [1.29, 1.82) is 5.26 Å². The predicted octanol–water partition coefficient (Wildman–Crippen LogP) is 3.65. The third-order valence-electron chi connectivity index (χ3n) is 4.31. The highest BCUT2D eigenvalue weighted by Gasteiger charge is 2.27. The predicted molar refractivity (Wildman–Crippen MR) is 101 cm³/mol. The molecule has 0 spiro atoms. The summed E-state index contributed by atoms with van der Waals surface area (Å²) in [6.45, 7) is 8.94. The number of benzene rings is 1. The van der Waals surface area contributed by atoms with Crippen molar-refractivity contribution in [1.82, 2.24) is 15.3 Å². The van der Waals surface area contributed by atoms with Crippen LogP contribution in [0.15, 0.2) is 24.3 Å². The lowest BCUT2D eigenvalue weighted by atomic mass is 10.00. The molecule has 146 valence electrons. The number of nitrogens with one attached hydrogen (secondary N) is 1. The van der Waals surface area contributed by atoms with E-state index in [1.165, 1.54) is 5.01 Å². The molecule has 2 rings (SSSR count). The zero-order valence-electron chi connectivity index (χ0n) is 16.5. The summed E-state index contributed by atoms with van der Waals surface area (Å²) in [5.74, 6) is 0.591. The number of rotatable bonds is 2. The summed E-state index contributed by atoms with van der Waals surface area (Å²) in [5, 5.41) is 10.3. The van der Waals surface area contributed by atoms with Crippen molar-refractivity contribution in [3.8, 4) is 6.07 Å². The van der Waals surface area contributed by atoms with E-state index in [0.29, 0.717) is 24.6 Å². The van der Waals surface area contributed by atoms with Crippen LogP contribution in [0.1, 0.15) is 51.7 Å². The molecular formula is C20H28N4O3. The number of amides is 3. The smallest absolute Gasteiger partial charge is 0.426 e. The van der Waals surface area contributed by atoms with Crippen molar-refractivity contribution in [2.75, 3.05) is 13.1 Å². The number of piperidine rings is 1. The molecule has 7 heteroatoms. The molecule has 1 aliphatic rings. The van der Waals surface area contributed by atoms with Crippen LogP contribution < -0.4 is 5.43 Å². The minimum Gasteiger partial charge on any atom is -0.443 e. The van der Waals surface area contributed by atoms with Gasteiger partial charge in [0.15, 0.2) is 0 Å². The molecule has 1 aromatic rings. The fourth-order valence-electron chi connectivity index (χ4n) is 2.86. The van der Waals surface area contributed by atoms with E-state index in [-0.39, 0.29) is 12.6 Å². The number of ether oxygens (including phenoxy) is 1. The number of hydrazine groups is 1. The van der Waals surface area contributed by atoms with Crippen LogP contribution in [-0.4, -0.2) is 40.7 Å². The minimum absolute atomic E-state index is 0.152. The van der Waals surface area contributed by atoms with Crippen LogP contribution in [0.5, 0.6) is 0 Å². The van der Waals surface area contributed by atoms with Crippen LogP contribution in [0, 0.1) is 17.2 Å². The van der Waals surface area contributed by atoms with Crippen LogP contribution in [0.25, 0.3) is 0 Å². The lowest BCUT2D eigenvalue weighted by molar-refractivity contribution is 0.0326. The maximum Gasteiger partial charge on any atom is 0.426 e. The van der Waals surface area contributed by atoms with E-state index in [1.807, 2.05) is 6.07 Å². The number of nitriles is 1. The number of carbonyl (C=O) groups is 2. The summed E-state index contributed by atoms with van der Waals surface area (Å²) in [6.07, 6.45) is 1.20. The van der Waals surface area contributed by atoms with Gasteiger partial charge in [0, 0.05) is 13.1 Å². The van der Waals surface area contributed by atoms with Gasteiger partial charge in [0.1, 0.15) is 5.60 Å².